The van der Waals surface area contributed by atoms with Crippen LogP contribution in [0.1, 0.15) is 45.2 Å². The Labute approximate surface area is 167 Å². The summed E-state index contributed by atoms with van der Waals surface area (Å²) >= 11 is 0. The van der Waals surface area contributed by atoms with E-state index in [9.17, 15) is 14.0 Å². The number of hydrogen-bond acceptors (Lipinski definition) is 3. The number of halogens is 1. The molecule has 29 heavy (non-hydrogen) atoms. The van der Waals surface area contributed by atoms with Crippen molar-refractivity contribution >= 4 is 16.7 Å². The first-order valence-electron chi connectivity index (χ1n) is 9.84. The van der Waals surface area contributed by atoms with Gasteiger partial charge in [0.25, 0.3) is 11.5 Å². The number of amides is 1. The second kappa shape index (κ2) is 6.81. The van der Waals surface area contributed by atoms with E-state index in [2.05, 4.69) is 4.98 Å². The summed E-state index contributed by atoms with van der Waals surface area (Å²) in [6, 6.07) is 9.75. The molecule has 6 heteroatoms. The number of ether oxygens (including phenoxy) is 1. The number of rotatable bonds is 2. The molecule has 0 fully saturated rings. The topological polar surface area (TPSA) is 62.4 Å². The Bertz CT molecular complexity index is 1200. The normalized spacial score (nSPS) is 17.8. The van der Waals surface area contributed by atoms with Crippen LogP contribution in [0, 0.1) is 5.82 Å². The van der Waals surface area contributed by atoms with Gasteiger partial charge in [-0.25, -0.2) is 4.39 Å². The van der Waals surface area contributed by atoms with Crippen LogP contribution in [-0.4, -0.2) is 29.4 Å². The lowest BCUT2D eigenvalue weighted by atomic mass is 9.95. The molecule has 2 aliphatic rings. The summed E-state index contributed by atoms with van der Waals surface area (Å²) < 4.78 is 19.4. The number of aromatic amines is 1. The molecule has 1 amide bonds. The number of H-pyrrole nitrogens is 1. The number of carbonyl (C=O) groups is 1. The first-order chi connectivity index (χ1) is 14.0. The van der Waals surface area contributed by atoms with Gasteiger partial charge in [-0.2, -0.15) is 0 Å². The lowest BCUT2D eigenvalue weighted by molar-refractivity contribution is 0.0335. The molecule has 1 aliphatic carbocycles. The Hall–Kier alpha value is -2.99. The molecule has 5 nitrogen and oxygen atoms in total. The van der Waals surface area contributed by atoms with Crippen molar-refractivity contribution in [3.05, 3.63) is 80.5 Å². The van der Waals surface area contributed by atoms with Gasteiger partial charge >= 0.3 is 0 Å². The number of hydrogen-bond donors (Lipinski definition) is 1. The van der Waals surface area contributed by atoms with Crippen LogP contribution in [0.25, 0.3) is 10.8 Å². The Morgan fingerprint density at radius 2 is 1.97 bits per heavy atom. The third kappa shape index (κ3) is 2.95. The summed E-state index contributed by atoms with van der Waals surface area (Å²) in [4.78, 5) is 30.1. The fourth-order valence-electron chi connectivity index (χ4n) is 4.58. The third-order valence-corrected chi connectivity index (χ3v) is 6.09. The van der Waals surface area contributed by atoms with Gasteiger partial charge in [0.05, 0.1) is 24.6 Å². The van der Waals surface area contributed by atoms with E-state index in [-0.39, 0.29) is 29.5 Å². The van der Waals surface area contributed by atoms with E-state index in [0.29, 0.717) is 23.3 Å². The predicted octanol–water partition coefficient (Wildman–Crippen LogP) is 3.50. The molecule has 1 atom stereocenters. The largest absolute Gasteiger partial charge is 0.373 e. The highest BCUT2D eigenvalue weighted by atomic mass is 19.1. The van der Waals surface area contributed by atoms with Crippen LogP contribution in [0.15, 0.2) is 41.2 Å². The van der Waals surface area contributed by atoms with Crippen LogP contribution < -0.4 is 5.56 Å². The molecule has 1 unspecified atom stereocenters. The molecule has 3 aromatic rings. The lowest BCUT2D eigenvalue weighted by Crippen LogP contribution is -2.37. The van der Waals surface area contributed by atoms with E-state index in [0.717, 1.165) is 24.8 Å². The van der Waals surface area contributed by atoms with E-state index in [1.165, 1.54) is 23.3 Å². The van der Waals surface area contributed by atoms with E-state index in [4.69, 9.17) is 4.74 Å². The van der Waals surface area contributed by atoms with Crippen LogP contribution in [0.2, 0.25) is 0 Å². The van der Waals surface area contributed by atoms with Crippen molar-refractivity contribution < 1.29 is 13.9 Å². The summed E-state index contributed by atoms with van der Waals surface area (Å²) in [6.45, 7) is 0.577. The van der Waals surface area contributed by atoms with Crippen LogP contribution >= 0.6 is 0 Å². The van der Waals surface area contributed by atoms with Gasteiger partial charge in [-0.15, -0.1) is 0 Å². The predicted molar refractivity (Wildman–Crippen MR) is 107 cm³/mol. The standard InChI is InChI=1S/C23H21FN2O3/c1-26(23(28)15-6-5-13-3-2-4-14(13)9-15)20-12-29-11-19-21(20)17-8-7-16(24)10-18(17)22(27)25-19/h5-10,20H,2-4,11-12H2,1H3,(H,25,27). The Balaban J connectivity index is 1.58. The van der Waals surface area contributed by atoms with Crippen LogP contribution in [-0.2, 0) is 24.2 Å². The maximum Gasteiger partial charge on any atom is 0.256 e. The van der Waals surface area contributed by atoms with Crippen molar-refractivity contribution in [2.45, 2.75) is 31.9 Å². The summed E-state index contributed by atoms with van der Waals surface area (Å²) in [5, 5.41) is 0.945. The Morgan fingerprint density at radius 1 is 1.14 bits per heavy atom. The molecule has 0 spiro atoms. The molecule has 1 aliphatic heterocycles. The molecule has 5 rings (SSSR count). The molecule has 2 aromatic carbocycles. The van der Waals surface area contributed by atoms with Gasteiger partial charge in [0, 0.05) is 23.9 Å². The van der Waals surface area contributed by atoms with Crippen molar-refractivity contribution in [1.82, 2.24) is 9.88 Å². The zero-order chi connectivity index (χ0) is 20.1. The molecular weight excluding hydrogens is 371 g/mol. The highest BCUT2D eigenvalue weighted by molar-refractivity contribution is 5.95. The average molecular weight is 392 g/mol. The van der Waals surface area contributed by atoms with Crippen molar-refractivity contribution in [2.75, 3.05) is 13.7 Å². The maximum absolute atomic E-state index is 13.7. The Morgan fingerprint density at radius 3 is 2.83 bits per heavy atom. The maximum atomic E-state index is 13.7. The number of pyridine rings is 1. The monoisotopic (exact) mass is 392 g/mol. The highest BCUT2D eigenvalue weighted by Gasteiger charge is 2.31. The molecule has 2 heterocycles. The van der Waals surface area contributed by atoms with E-state index < -0.39 is 5.82 Å². The van der Waals surface area contributed by atoms with Crippen molar-refractivity contribution in [2.24, 2.45) is 0 Å². The highest BCUT2D eigenvalue weighted by Crippen LogP contribution is 2.34. The fraction of sp³-hybridized carbons (Fsp3) is 0.304. The van der Waals surface area contributed by atoms with Gasteiger partial charge in [-0.3, -0.25) is 9.59 Å². The van der Waals surface area contributed by atoms with Gasteiger partial charge in [0.15, 0.2) is 0 Å². The second-order valence-electron chi connectivity index (χ2n) is 7.82. The van der Waals surface area contributed by atoms with Gasteiger partial charge in [0.2, 0.25) is 0 Å². The van der Waals surface area contributed by atoms with Crippen molar-refractivity contribution in [3.8, 4) is 0 Å². The summed E-state index contributed by atoms with van der Waals surface area (Å²) in [7, 11) is 1.75. The second-order valence-corrected chi connectivity index (χ2v) is 7.82. The summed E-state index contributed by atoms with van der Waals surface area (Å²) in [5.41, 5.74) is 4.33. The molecule has 1 aromatic heterocycles. The lowest BCUT2D eigenvalue weighted by Gasteiger charge is -2.34. The number of likely N-dealkylation sites (N-methyl/N-ethyl adjacent to an activating group) is 1. The number of benzene rings is 2. The fourth-order valence-corrected chi connectivity index (χ4v) is 4.58. The van der Waals surface area contributed by atoms with Crippen molar-refractivity contribution in [3.63, 3.8) is 0 Å². The summed E-state index contributed by atoms with van der Waals surface area (Å²) in [5.74, 6) is -0.559. The first kappa shape index (κ1) is 18.1. The van der Waals surface area contributed by atoms with Gasteiger partial charge < -0.3 is 14.6 Å². The first-order valence-corrected chi connectivity index (χ1v) is 9.84. The quantitative estimate of drug-likeness (QED) is 0.726. The zero-order valence-corrected chi connectivity index (χ0v) is 16.1. The number of nitrogens with one attached hydrogen (secondary N) is 1. The minimum Gasteiger partial charge on any atom is -0.373 e. The van der Waals surface area contributed by atoms with Gasteiger partial charge in [0.1, 0.15) is 5.82 Å². The SMILES string of the molecule is CN(C(=O)c1ccc2c(c1)CCC2)C1COCc2[nH]c(=O)c3cc(F)ccc3c21. The number of aromatic nitrogens is 1. The smallest absolute Gasteiger partial charge is 0.256 e. The molecule has 1 N–H and O–H groups in total. The van der Waals surface area contributed by atoms with Gasteiger partial charge in [-0.1, -0.05) is 12.1 Å². The van der Waals surface area contributed by atoms with Crippen LogP contribution in [0.3, 0.4) is 0 Å². The van der Waals surface area contributed by atoms with Gasteiger partial charge in [-0.05, 0) is 60.0 Å². The van der Waals surface area contributed by atoms with E-state index >= 15 is 0 Å². The number of aryl methyl sites for hydroxylation is 2. The Kier molecular flexibility index (Phi) is 4.24. The number of nitrogens with zero attached hydrogens (tertiary/aromatic N) is 1. The zero-order valence-electron chi connectivity index (χ0n) is 16.1. The minimum atomic E-state index is -0.464. The molecule has 148 valence electrons. The van der Waals surface area contributed by atoms with Crippen LogP contribution in [0.4, 0.5) is 4.39 Å². The number of carbonyl (C=O) groups excluding carboxylic acids is 1. The molecule has 0 radical (unpaired) electrons. The van der Waals surface area contributed by atoms with Crippen molar-refractivity contribution in [1.29, 1.82) is 0 Å². The van der Waals surface area contributed by atoms with E-state index in [1.54, 1.807) is 18.0 Å². The van der Waals surface area contributed by atoms with Crippen LogP contribution in [0.5, 0.6) is 0 Å². The summed E-state index contributed by atoms with van der Waals surface area (Å²) in [6.07, 6.45) is 3.20. The third-order valence-electron chi connectivity index (χ3n) is 6.09. The minimum absolute atomic E-state index is 0.0948. The molecule has 0 saturated heterocycles. The average Bonchev–Trinajstić information content (AvgIpc) is 3.20. The molecular formula is C23H21FN2O3. The molecule has 0 saturated carbocycles. The van der Waals surface area contributed by atoms with E-state index in [1.807, 2.05) is 18.2 Å². The number of fused-ring (bicyclic) bond motifs is 4. The molecule has 0 bridgehead atoms.